The van der Waals surface area contributed by atoms with E-state index < -0.39 is 0 Å². The van der Waals surface area contributed by atoms with E-state index in [0.717, 1.165) is 60.0 Å². The first-order valence-corrected chi connectivity index (χ1v) is 16.7. The first-order chi connectivity index (χ1) is 25.2. The predicted molar refractivity (Wildman–Crippen MR) is 206 cm³/mol. The Balaban J connectivity index is 1.34. The highest BCUT2D eigenvalue weighted by molar-refractivity contribution is 6.21. The Hall–Kier alpha value is -7.45. The van der Waals surface area contributed by atoms with Crippen molar-refractivity contribution in [3.05, 3.63) is 174 Å². The van der Waals surface area contributed by atoms with Gasteiger partial charge < -0.3 is 4.57 Å². The highest BCUT2D eigenvalue weighted by Gasteiger charge is 2.23. The molecule has 0 aliphatic carbocycles. The van der Waals surface area contributed by atoms with Gasteiger partial charge in [0.05, 0.1) is 45.5 Å². The summed E-state index contributed by atoms with van der Waals surface area (Å²) in [5, 5.41) is 38.0. The van der Waals surface area contributed by atoms with Crippen LogP contribution < -0.4 is 0 Å². The van der Waals surface area contributed by atoms with Crippen molar-refractivity contribution < 1.29 is 0 Å². The van der Waals surface area contributed by atoms with Gasteiger partial charge in [-0.05, 0) is 74.1 Å². The zero-order chi connectivity index (χ0) is 34.5. The Morgan fingerprint density at radius 1 is 0.373 bits per heavy atom. The lowest BCUT2D eigenvalue weighted by Crippen LogP contribution is -2.03. The molecule has 0 amide bonds. The molecule has 9 rings (SSSR count). The summed E-state index contributed by atoms with van der Waals surface area (Å²) in [6, 6.07) is 60.1. The zero-order valence-electron chi connectivity index (χ0n) is 27.3. The third-order valence-electron chi connectivity index (χ3n) is 9.88. The number of para-hydroxylation sites is 2. The maximum Gasteiger partial charge on any atom is 0.101 e. The van der Waals surface area contributed by atoms with E-state index in [1.54, 1.807) is 12.1 Å². The highest BCUT2D eigenvalue weighted by Crippen LogP contribution is 2.45. The third-order valence-corrected chi connectivity index (χ3v) is 9.88. The molecule has 0 aliphatic heterocycles. The monoisotopic (exact) mass is 646 g/mol. The van der Waals surface area contributed by atoms with Gasteiger partial charge in [-0.3, -0.25) is 0 Å². The molecule has 1 heterocycles. The molecule has 8 aromatic carbocycles. The summed E-state index contributed by atoms with van der Waals surface area (Å²) in [5.41, 5.74) is 9.27. The summed E-state index contributed by atoms with van der Waals surface area (Å²) >= 11 is 0. The Labute approximate surface area is 294 Å². The maximum atomic E-state index is 10.8. The molecule has 0 unspecified atom stereocenters. The van der Waals surface area contributed by atoms with Gasteiger partial charge in [-0.25, -0.2) is 0 Å². The quantitative estimate of drug-likeness (QED) is 0.179. The average Bonchev–Trinajstić information content (AvgIpc) is 3.53. The maximum absolute atomic E-state index is 10.8. The van der Waals surface area contributed by atoms with Gasteiger partial charge in [0.2, 0.25) is 0 Å². The topological polar surface area (TPSA) is 76.3 Å². The number of rotatable bonds is 4. The first-order valence-electron chi connectivity index (χ1n) is 16.7. The molecule has 51 heavy (non-hydrogen) atoms. The van der Waals surface area contributed by atoms with Crippen LogP contribution in [0.3, 0.4) is 0 Å². The van der Waals surface area contributed by atoms with Crippen LogP contribution >= 0.6 is 0 Å². The second-order valence-corrected chi connectivity index (χ2v) is 12.6. The molecular formula is C47H26N4. The molecule has 1 aromatic heterocycles. The second-order valence-electron chi connectivity index (χ2n) is 12.6. The van der Waals surface area contributed by atoms with Crippen molar-refractivity contribution in [2.75, 3.05) is 0 Å². The third kappa shape index (κ3) is 4.58. The van der Waals surface area contributed by atoms with Crippen molar-refractivity contribution in [1.82, 2.24) is 4.57 Å². The van der Waals surface area contributed by atoms with E-state index in [0.29, 0.717) is 33.5 Å². The summed E-state index contributed by atoms with van der Waals surface area (Å²) in [5.74, 6) is 0. The van der Waals surface area contributed by atoms with Crippen molar-refractivity contribution in [2.24, 2.45) is 0 Å². The van der Waals surface area contributed by atoms with Crippen LogP contribution in [-0.4, -0.2) is 4.57 Å². The summed E-state index contributed by atoms with van der Waals surface area (Å²) in [6.45, 7) is 0. The normalized spacial score (nSPS) is 11.1. The minimum Gasteiger partial charge on any atom is -0.307 e. The lowest BCUT2D eigenvalue weighted by atomic mass is 9.85. The molecule has 0 fully saturated rings. The zero-order valence-corrected chi connectivity index (χ0v) is 27.3. The number of aromatic nitrogens is 1. The van der Waals surface area contributed by atoms with Gasteiger partial charge in [-0.15, -0.1) is 0 Å². The van der Waals surface area contributed by atoms with Crippen molar-refractivity contribution in [1.29, 1.82) is 15.8 Å². The van der Waals surface area contributed by atoms with Crippen LogP contribution in [0.25, 0.3) is 82.4 Å². The fraction of sp³-hybridized carbons (Fsp3) is 0. The molecule has 4 nitrogen and oxygen atoms in total. The van der Waals surface area contributed by atoms with E-state index in [-0.39, 0.29) is 0 Å². The molecule has 0 aliphatic rings. The van der Waals surface area contributed by atoms with Gasteiger partial charge in [0.15, 0.2) is 0 Å². The molecule has 0 N–H and O–H groups in total. The summed E-state index contributed by atoms with van der Waals surface area (Å²) < 4.78 is 2.10. The Kier molecular flexibility index (Phi) is 6.93. The number of hydrogen-bond acceptors (Lipinski definition) is 3. The summed E-state index contributed by atoms with van der Waals surface area (Å²) in [7, 11) is 0. The SMILES string of the molecule is N#Cc1cc(C#N)c(-n2c3ccccc3c3ccccc32)c(-c2ccc(-c3c4ccccc4c(-c4ccccc4)c4ccccc34)cc2C#N)c1. The largest absolute Gasteiger partial charge is 0.307 e. The summed E-state index contributed by atoms with van der Waals surface area (Å²) in [6.07, 6.45) is 0. The van der Waals surface area contributed by atoms with Crippen LogP contribution in [0.5, 0.6) is 0 Å². The lowest BCUT2D eigenvalue weighted by molar-refractivity contribution is 1.17. The molecule has 234 valence electrons. The van der Waals surface area contributed by atoms with Crippen LogP contribution in [0.2, 0.25) is 0 Å². The van der Waals surface area contributed by atoms with Gasteiger partial charge in [-0.1, -0.05) is 127 Å². The van der Waals surface area contributed by atoms with Crippen LogP contribution in [-0.2, 0) is 0 Å². The van der Waals surface area contributed by atoms with Gasteiger partial charge in [-0.2, -0.15) is 15.8 Å². The van der Waals surface area contributed by atoms with Gasteiger partial charge in [0.1, 0.15) is 6.07 Å². The Morgan fingerprint density at radius 3 is 1.39 bits per heavy atom. The first kappa shape index (κ1) is 29.7. The van der Waals surface area contributed by atoms with Crippen molar-refractivity contribution in [3.8, 4) is 57.3 Å². The van der Waals surface area contributed by atoms with Gasteiger partial charge >= 0.3 is 0 Å². The van der Waals surface area contributed by atoms with E-state index >= 15 is 0 Å². The second kappa shape index (κ2) is 11.9. The molecule has 0 radical (unpaired) electrons. The van der Waals surface area contributed by atoms with Crippen LogP contribution in [0.1, 0.15) is 16.7 Å². The number of hydrogen-bond donors (Lipinski definition) is 0. The summed E-state index contributed by atoms with van der Waals surface area (Å²) in [4.78, 5) is 0. The standard InChI is InChI=1S/C47H26N4/c48-27-30-24-34(29-50)47(51-43-20-10-8-14-36(43)37-15-9-11-21-44(37)51)42(25-30)35-23-22-32(26-33(35)28-49)46-40-18-6-4-16-38(40)45(31-12-2-1-3-13-31)39-17-5-7-19-41(39)46/h1-26H. The van der Waals surface area contributed by atoms with Crippen molar-refractivity contribution in [2.45, 2.75) is 0 Å². The highest BCUT2D eigenvalue weighted by atomic mass is 15.0. The van der Waals surface area contributed by atoms with E-state index in [2.05, 4.69) is 114 Å². The van der Waals surface area contributed by atoms with E-state index in [1.165, 1.54) is 5.56 Å². The van der Waals surface area contributed by atoms with E-state index in [4.69, 9.17) is 0 Å². The molecule has 0 saturated heterocycles. The fourth-order valence-corrected chi connectivity index (χ4v) is 7.78. The molecular weight excluding hydrogens is 621 g/mol. The Bertz CT molecular complexity index is 2890. The number of fused-ring (bicyclic) bond motifs is 5. The molecule has 0 atom stereocenters. The van der Waals surface area contributed by atoms with Gasteiger partial charge in [0, 0.05) is 21.9 Å². The molecule has 9 aromatic rings. The molecule has 0 spiro atoms. The van der Waals surface area contributed by atoms with Crippen molar-refractivity contribution in [3.63, 3.8) is 0 Å². The van der Waals surface area contributed by atoms with E-state index in [9.17, 15) is 15.8 Å². The minimum absolute atomic E-state index is 0.354. The number of benzene rings is 8. The molecule has 4 heteroatoms. The van der Waals surface area contributed by atoms with Gasteiger partial charge in [0.25, 0.3) is 0 Å². The lowest BCUT2D eigenvalue weighted by Gasteiger charge is -2.19. The smallest absolute Gasteiger partial charge is 0.101 e. The van der Waals surface area contributed by atoms with E-state index in [1.807, 2.05) is 54.6 Å². The predicted octanol–water partition coefficient (Wildman–Crippen LogP) is 11.7. The average molecular weight is 647 g/mol. The number of nitrogens with zero attached hydrogens (tertiary/aromatic N) is 4. The van der Waals surface area contributed by atoms with Crippen molar-refractivity contribution >= 4 is 43.4 Å². The Morgan fingerprint density at radius 2 is 0.863 bits per heavy atom. The molecule has 0 bridgehead atoms. The fourth-order valence-electron chi connectivity index (χ4n) is 7.78. The minimum atomic E-state index is 0.354. The van der Waals surface area contributed by atoms with Crippen LogP contribution in [0, 0.1) is 34.0 Å². The van der Waals surface area contributed by atoms with Crippen LogP contribution in [0.4, 0.5) is 0 Å². The molecule has 0 saturated carbocycles. The van der Waals surface area contributed by atoms with Crippen LogP contribution in [0.15, 0.2) is 158 Å². The number of nitriles is 3.